The SMILES string of the molecule is CC(CCCl)CNC(=O)c1ccon1. The lowest BCUT2D eigenvalue weighted by Crippen LogP contribution is -2.28. The van der Waals surface area contributed by atoms with E-state index < -0.39 is 0 Å². The smallest absolute Gasteiger partial charge is 0.273 e. The van der Waals surface area contributed by atoms with E-state index in [1.807, 2.05) is 6.92 Å². The van der Waals surface area contributed by atoms with E-state index in [4.69, 9.17) is 11.6 Å². The van der Waals surface area contributed by atoms with Crippen LogP contribution in [-0.4, -0.2) is 23.5 Å². The van der Waals surface area contributed by atoms with Gasteiger partial charge >= 0.3 is 0 Å². The van der Waals surface area contributed by atoms with Crippen LogP contribution < -0.4 is 5.32 Å². The predicted octanol–water partition coefficient (Wildman–Crippen LogP) is 1.67. The summed E-state index contributed by atoms with van der Waals surface area (Å²) in [5.74, 6) is 0.782. The Kier molecular flexibility index (Phi) is 4.46. The Hall–Kier alpha value is -1.03. The summed E-state index contributed by atoms with van der Waals surface area (Å²) < 4.78 is 4.56. The molecular weight excluding hydrogens is 204 g/mol. The van der Waals surface area contributed by atoms with Gasteiger partial charge < -0.3 is 9.84 Å². The van der Waals surface area contributed by atoms with E-state index in [1.165, 1.54) is 12.3 Å². The molecule has 1 aromatic heterocycles. The standard InChI is InChI=1S/C9H13ClN2O2/c1-7(2-4-10)6-11-9(13)8-3-5-14-12-8/h3,5,7H,2,4,6H2,1H3,(H,11,13). The Morgan fingerprint density at radius 3 is 3.14 bits per heavy atom. The highest BCUT2D eigenvalue weighted by molar-refractivity contribution is 6.17. The van der Waals surface area contributed by atoms with Crippen molar-refractivity contribution in [2.24, 2.45) is 5.92 Å². The molecule has 0 fully saturated rings. The maximum absolute atomic E-state index is 11.3. The summed E-state index contributed by atoms with van der Waals surface area (Å²) in [6.07, 6.45) is 2.26. The Balaban J connectivity index is 2.28. The molecule has 1 N–H and O–H groups in total. The third kappa shape index (κ3) is 3.38. The van der Waals surface area contributed by atoms with Gasteiger partial charge in [-0.25, -0.2) is 0 Å². The normalized spacial score (nSPS) is 12.4. The van der Waals surface area contributed by atoms with E-state index in [0.717, 1.165) is 6.42 Å². The van der Waals surface area contributed by atoms with Crippen molar-refractivity contribution in [1.29, 1.82) is 0 Å². The molecule has 4 nitrogen and oxygen atoms in total. The summed E-state index contributed by atoms with van der Waals surface area (Å²) in [5, 5.41) is 6.28. The van der Waals surface area contributed by atoms with Crippen LogP contribution in [0.3, 0.4) is 0 Å². The fourth-order valence-corrected chi connectivity index (χ4v) is 1.35. The second-order valence-corrected chi connectivity index (χ2v) is 3.56. The van der Waals surface area contributed by atoms with Crippen LogP contribution in [0, 0.1) is 5.92 Å². The molecular formula is C9H13ClN2O2. The van der Waals surface area contributed by atoms with Gasteiger partial charge in [0.2, 0.25) is 0 Å². The maximum Gasteiger partial charge on any atom is 0.273 e. The first-order valence-electron chi connectivity index (χ1n) is 4.48. The summed E-state index contributed by atoms with van der Waals surface area (Å²) in [7, 11) is 0. The second-order valence-electron chi connectivity index (χ2n) is 3.18. The first-order chi connectivity index (χ1) is 6.74. The van der Waals surface area contributed by atoms with Crippen molar-refractivity contribution in [1.82, 2.24) is 10.5 Å². The minimum absolute atomic E-state index is 0.208. The Labute approximate surface area is 87.6 Å². The van der Waals surface area contributed by atoms with Crippen LogP contribution in [0.1, 0.15) is 23.8 Å². The van der Waals surface area contributed by atoms with E-state index in [0.29, 0.717) is 24.0 Å². The zero-order valence-electron chi connectivity index (χ0n) is 8.00. The van der Waals surface area contributed by atoms with Gasteiger partial charge in [0.1, 0.15) is 6.26 Å². The molecule has 0 aliphatic heterocycles. The van der Waals surface area contributed by atoms with Gasteiger partial charge in [-0.3, -0.25) is 4.79 Å². The fraction of sp³-hybridized carbons (Fsp3) is 0.556. The number of carbonyl (C=O) groups is 1. The Bertz CT molecular complexity index is 274. The number of hydrogen-bond donors (Lipinski definition) is 1. The number of nitrogens with one attached hydrogen (secondary N) is 1. The number of carbonyl (C=O) groups excluding carboxylic acids is 1. The van der Waals surface area contributed by atoms with Crippen molar-refractivity contribution in [3.05, 3.63) is 18.0 Å². The van der Waals surface area contributed by atoms with Gasteiger partial charge in [-0.05, 0) is 12.3 Å². The van der Waals surface area contributed by atoms with Crippen LogP contribution >= 0.6 is 11.6 Å². The largest absolute Gasteiger partial charge is 0.364 e. The molecule has 1 atom stereocenters. The van der Waals surface area contributed by atoms with Crippen molar-refractivity contribution in [2.75, 3.05) is 12.4 Å². The average Bonchev–Trinajstić information content (AvgIpc) is 2.67. The van der Waals surface area contributed by atoms with E-state index in [1.54, 1.807) is 0 Å². The van der Waals surface area contributed by atoms with Gasteiger partial charge in [0.05, 0.1) is 0 Å². The molecule has 1 aromatic rings. The van der Waals surface area contributed by atoms with Gasteiger partial charge in [-0.15, -0.1) is 11.6 Å². The highest BCUT2D eigenvalue weighted by atomic mass is 35.5. The van der Waals surface area contributed by atoms with Crippen LogP contribution in [0.4, 0.5) is 0 Å². The van der Waals surface area contributed by atoms with Crippen LogP contribution in [-0.2, 0) is 0 Å². The molecule has 1 unspecified atom stereocenters. The van der Waals surface area contributed by atoms with Crippen LogP contribution in [0.25, 0.3) is 0 Å². The molecule has 1 amide bonds. The van der Waals surface area contributed by atoms with Gasteiger partial charge in [0.25, 0.3) is 5.91 Å². The van der Waals surface area contributed by atoms with Crippen LogP contribution in [0.5, 0.6) is 0 Å². The monoisotopic (exact) mass is 216 g/mol. The Morgan fingerprint density at radius 1 is 1.79 bits per heavy atom. The van der Waals surface area contributed by atoms with Crippen molar-refractivity contribution in [2.45, 2.75) is 13.3 Å². The third-order valence-corrected chi connectivity index (χ3v) is 2.10. The minimum Gasteiger partial charge on any atom is -0.364 e. The molecule has 0 spiro atoms. The van der Waals surface area contributed by atoms with E-state index in [-0.39, 0.29) is 5.91 Å². The molecule has 0 radical (unpaired) electrons. The number of rotatable bonds is 5. The maximum atomic E-state index is 11.3. The summed E-state index contributed by atoms with van der Waals surface area (Å²) in [4.78, 5) is 11.3. The first-order valence-corrected chi connectivity index (χ1v) is 5.02. The lowest BCUT2D eigenvalue weighted by molar-refractivity contribution is 0.0939. The number of hydrogen-bond acceptors (Lipinski definition) is 3. The molecule has 0 aliphatic rings. The minimum atomic E-state index is -0.208. The molecule has 0 aliphatic carbocycles. The number of alkyl halides is 1. The zero-order valence-corrected chi connectivity index (χ0v) is 8.75. The highest BCUT2D eigenvalue weighted by Crippen LogP contribution is 2.02. The summed E-state index contributed by atoms with van der Waals surface area (Å²) >= 11 is 5.57. The number of aromatic nitrogens is 1. The molecule has 0 saturated carbocycles. The lowest BCUT2D eigenvalue weighted by atomic mass is 10.1. The van der Waals surface area contributed by atoms with Crippen molar-refractivity contribution >= 4 is 17.5 Å². The van der Waals surface area contributed by atoms with Crippen molar-refractivity contribution in [3.63, 3.8) is 0 Å². The molecule has 1 rings (SSSR count). The third-order valence-electron chi connectivity index (χ3n) is 1.88. The van der Waals surface area contributed by atoms with Crippen LogP contribution in [0.15, 0.2) is 16.9 Å². The summed E-state index contributed by atoms with van der Waals surface area (Å²) in [6.45, 7) is 2.64. The average molecular weight is 217 g/mol. The van der Waals surface area contributed by atoms with Crippen molar-refractivity contribution < 1.29 is 9.32 Å². The topological polar surface area (TPSA) is 55.1 Å². The van der Waals surface area contributed by atoms with Crippen LogP contribution in [0.2, 0.25) is 0 Å². The highest BCUT2D eigenvalue weighted by Gasteiger charge is 2.09. The molecule has 14 heavy (non-hydrogen) atoms. The van der Waals surface area contributed by atoms with E-state index >= 15 is 0 Å². The second kappa shape index (κ2) is 5.65. The molecule has 1 heterocycles. The van der Waals surface area contributed by atoms with Gasteiger partial charge in [-0.1, -0.05) is 12.1 Å². The first kappa shape index (κ1) is 11.0. The van der Waals surface area contributed by atoms with Gasteiger partial charge in [-0.2, -0.15) is 0 Å². The molecule has 5 heteroatoms. The van der Waals surface area contributed by atoms with Crippen molar-refractivity contribution in [3.8, 4) is 0 Å². The quantitative estimate of drug-likeness (QED) is 0.762. The molecule has 78 valence electrons. The zero-order chi connectivity index (χ0) is 10.4. The van der Waals surface area contributed by atoms with E-state index in [2.05, 4.69) is 15.0 Å². The predicted molar refractivity (Wildman–Crippen MR) is 53.3 cm³/mol. The summed E-state index contributed by atoms with van der Waals surface area (Å²) in [5.41, 5.74) is 0.308. The Morgan fingerprint density at radius 2 is 2.57 bits per heavy atom. The number of amides is 1. The molecule has 0 aromatic carbocycles. The number of nitrogens with zero attached hydrogens (tertiary/aromatic N) is 1. The lowest BCUT2D eigenvalue weighted by Gasteiger charge is -2.09. The van der Waals surface area contributed by atoms with E-state index in [9.17, 15) is 4.79 Å². The number of halogens is 1. The van der Waals surface area contributed by atoms with Gasteiger partial charge in [0, 0.05) is 18.5 Å². The molecule has 0 bridgehead atoms. The van der Waals surface area contributed by atoms with Gasteiger partial charge in [0.15, 0.2) is 5.69 Å². The molecule has 0 saturated heterocycles. The summed E-state index contributed by atoms with van der Waals surface area (Å²) in [6, 6.07) is 1.53. The fourth-order valence-electron chi connectivity index (χ4n) is 0.975.